The molecular weight excluding hydrogens is 306 g/mol. The van der Waals surface area contributed by atoms with E-state index >= 15 is 0 Å². The van der Waals surface area contributed by atoms with Crippen molar-refractivity contribution in [3.63, 3.8) is 0 Å². The number of carboxylic acids is 3. The molecule has 0 aliphatic carbocycles. The van der Waals surface area contributed by atoms with Crippen molar-refractivity contribution in [2.75, 3.05) is 0 Å². The Morgan fingerprint density at radius 2 is 1.35 bits per heavy atom. The number of carboxylic acid groups (broad SMARTS) is 3. The van der Waals surface area contributed by atoms with Gasteiger partial charge in [-0.05, 0) is 25.0 Å². The average Bonchev–Trinajstić information content (AvgIpc) is 2.49. The van der Waals surface area contributed by atoms with Crippen LogP contribution in [0.3, 0.4) is 0 Å². The molecule has 0 radical (unpaired) electrons. The van der Waals surface area contributed by atoms with Crippen LogP contribution >= 0.6 is 0 Å². The Bertz CT molecular complexity index is 594. The lowest BCUT2D eigenvalue weighted by atomic mass is 10.0. The predicted molar refractivity (Wildman–Crippen MR) is 78.4 cm³/mol. The first kappa shape index (κ1) is 18.1. The summed E-state index contributed by atoms with van der Waals surface area (Å²) >= 11 is 0. The second-order valence-corrected chi connectivity index (χ2v) is 4.89. The van der Waals surface area contributed by atoms with Gasteiger partial charge in [0.15, 0.2) is 0 Å². The summed E-state index contributed by atoms with van der Waals surface area (Å²) in [5.41, 5.74) is -0.240. The van der Waals surface area contributed by atoms with Crippen LogP contribution in [0.15, 0.2) is 24.3 Å². The SMILES string of the molecule is O=C(O)CCC(CCC(=O)O)NC(=O)c1ccccc1C(=O)O. The first-order valence-corrected chi connectivity index (χ1v) is 6.88. The highest BCUT2D eigenvalue weighted by atomic mass is 16.4. The molecule has 0 saturated heterocycles. The van der Waals surface area contributed by atoms with Gasteiger partial charge in [-0.25, -0.2) is 4.79 Å². The van der Waals surface area contributed by atoms with Gasteiger partial charge in [0, 0.05) is 18.9 Å². The van der Waals surface area contributed by atoms with Gasteiger partial charge in [0.1, 0.15) is 0 Å². The minimum Gasteiger partial charge on any atom is -0.481 e. The summed E-state index contributed by atoms with van der Waals surface area (Å²) in [4.78, 5) is 44.6. The number of benzene rings is 1. The van der Waals surface area contributed by atoms with E-state index in [2.05, 4.69) is 5.32 Å². The van der Waals surface area contributed by atoms with E-state index in [1.54, 1.807) is 0 Å². The highest BCUT2D eigenvalue weighted by molar-refractivity contribution is 6.04. The highest BCUT2D eigenvalue weighted by Gasteiger charge is 2.20. The number of amides is 1. The van der Waals surface area contributed by atoms with Gasteiger partial charge in [0.25, 0.3) is 5.91 Å². The lowest BCUT2D eigenvalue weighted by molar-refractivity contribution is -0.137. The van der Waals surface area contributed by atoms with Crippen LogP contribution in [-0.4, -0.2) is 45.2 Å². The van der Waals surface area contributed by atoms with Gasteiger partial charge in [-0.1, -0.05) is 12.1 Å². The zero-order valence-corrected chi connectivity index (χ0v) is 12.2. The van der Waals surface area contributed by atoms with Gasteiger partial charge in [-0.3, -0.25) is 14.4 Å². The summed E-state index contributed by atoms with van der Waals surface area (Å²) in [7, 11) is 0. The molecule has 1 rings (SSSR count). The number of carbonyl (C=O) groups excluding carboxylic acids is 1. The highest BCUT2D eigenvalue weighted by Crippen LogP contribution is 2.12. The number of rotatable bonds is 9. The minimum absolute atomic E-state index is 0.0591. The molecule has 0 spiro atoms. The van der Waals surface area contributed by atoms with Gasteiger partial charge in [-0.2, -0.15) is 0 Å². The largest absolute Gasteiger partial charge is 0.481 e. The molecule has 4 N–H and O–H groups in total. The predicted octanol–water partition coefficient (Wildman–Crippen LogP) is 1.21. The van der Waals surface area contributed by atoms with Gasteiger partial charge in [0.2, 0.25) is 0 Å². The van der Waals surface area contributed by atoms with Crippen LogP contribution in [0.4, 0.5) is 0 Å². The number of nitrogens with one attached hydrogen (secondary N) is 1. The van der Waals surface area contributed by atoms with Crippen LogP contribution in [-0.2, 0) is 9.59 Å². The van der Waals surface area contributed by atoms with E-state index in [9.17, 15) is 19.2 Å². The molecule has 0 aromatic heterocycles. The van der Waals surface area contributed by atoms with E-state index in [-0.39, 0.29) is 36.8 Å². The molecule has 0 atom stereocenters. The van der Waals surface area contributed by atoms with Crippen LogP contribution in [0, 0.1) is 0 Å². The van der Waals surface area contributed by atoms with Crippen LogP contribution < -0.4 is 5.32 Å². The van der Waals surface area contributed by atoms with Crippen LogP contribution in [0.5, 0.6) is 0 Å². The molecule has 0 unspecified atom stereocenters. The second kappa shape index (κ2) is 8.52. The van der Waals surface area contributed by atoms with Gasteiger partial charge < -0.3 is 20.6 Å². The summed E-state index contributed by atoms with van der Waals surface area (Å²) in [5, 5.41) is 29.0. The molecule has 0 aliphatic rings. The Morgan fingerprint density at radius 1 is 0.870 bits per heavy atom. The Hall–Kier alpha value is -2.90. The number of hydrogen-bond donors (Lipinski definition) is 4. The molecule has 0 heterocycles. The molecule has 1 amide bonds. The summed E-state index contributed by atoms with van der Waals surface area (Å²) in [5.74, 6) is -4.07. The van der Waals surface area contributed by atoms with Crippen molar-refractivity contribution in [3.8, 4) is 0 Å². The normalized spacial score (nSPS) is 10.3. The van der Waals surface area contributed by atoms with Crippen molar-refractivity contribution < 1.29 is 34.5 Å². The Labute approximate surface area is 131 Å². The van der Waals surface area contributed by atoms with E-state index < -0.39 is 29.9 Å². The maximum Gasteiger partial charge on any atom is 0.336 e. The smallest absolute Gasteiger partial charge is 0.336 e. The van der Waals surface area contributed by atoms with Gasteiger partial charge in [0.05, 0.1) is 11.1 Å². The van der Waals surface area contributed by atoms with Crippen molar-refractivity contribution in [2.45, 2.75) is 31.7 Å². The quantitative estimate of drug-likeness (QED) is 0.535. The molecule has 0 fully saturated rings. The second-order valence-electron chi connectivity index (χ2n) is 4.89. The fourth-order valence-corrected chi connectivity index (χ4v) is 2.01. The fourth-order valence-electron chi connectivity index (χ4n) is 2.01. The lowest BCUT2D eigenvalue weighted by Gasteiger charge is -2.18. The summed E-state index contributed by atoms with van der Waals surface area (Å²) in [6.45, 7) is 0. The first-order chi connectivity index (χ1) is 10.8. The van der Waals surface area contributed by atoms with Crippen molar-refractivity contribution in [1.29, 1.82) is 0 Å². The maximum absolute atomic E-state index is 12.2. The minimum atomic E-state index is -1.26. The number of aromatic carboxylic acids is 1. The standard InChI is InChI=1S/C15H17NO7/c17-12(18)7-5-9(6-8-13(19)20)16-14(21)10-3-1-2-4-11(10)15(22)23/h1-4,9H,5-8H2,(H,16,21)(H,17,18)(H,19,20)(H,22,23). The van der Waals surface area contributed by atoms with Gasteiger partial charge >= 0.3 is 17.9 Å². The number of carbonyl (C=O) groups is 4. The van der Waals surface area contributed by atoms with E-state index in [4.69, 9.17) is 15.3 Å². The Balaban J connectivity index is 2.84. The maximum atomic E-state index is 12.2. The molecule has 8 heteroatoms. The van der Waals surface area contributed by atoms with E-state index in [1.165, 1.54) is 24.3 Å². The van der Waals surface area contributed by atoms with E-state index in [0.29, 0.717) is 0 Å². The topological polar surface area (TPSA) is 141 Å². The van der Waals surface area contributed by atoms with Crippen LogP contribution in [0.1, 0.15) is 46.4 Å². The molecule has 0 aliphatic heterocycles. The summed E-state index contributed by atoms with van der Waals surface area (Å²) in [6.07, 6.45) is -0.344. The molecule has 1 aromatic carbocycles. The molecule has 0 bridgehead atoms. The third kappa shape index (κ3) is 6.16. The average molecular weight is 323 g/mol. The van der Waals surface area contributed by atoms with Crippen molar-refractivity contribution in [2.24, 2.45) is 0 Å². The van der Waals surface area contributed by atoms with Crippen LogP contribution in [0.2, 0.25) is 0 Å². The van der Waals surface area contributed by atoms with Crippen LogP contribution in [0.25, 0.3) is 0 Å². The van der Waals surface area contributed by atoms with Crippen molar-refractivity contribution >= 4 is 23.8 Å². The Morgan fingerprint density at radius 3 is 1.78 bits per heavy atom. The summed E-state index contributed by atoms with van der Waals surface area (Å²) < 4.78 is 0. The fraction of sp³-hybridized carbons (Fsp3) is 0.333. The molecule has 0 saturated carbocycles. The zero-order chi connectivity index (χ0) is 17.4. The molecule has 124 valence electrons. The summed E-state index contributed by atoms with van der Waals surface area (Å²) in [6, 6.07) is 4.93. The molecule has 8 nitrogen and oxygen atoms in total. The zero-order valence-electron chi connectivity index (χ0n) is 12.2. The van der Waals surface area contributed by atoms with Crippen molar-refractivity contribution in [3.05, 3.63) is 35.4 Å². The van der Waals surface area contributed by atoms with E-state index in [1.807, 2.05) is 0 Å². The lowest BCUT2D eigenvalue weighted by Crippen LogP contribution is -2.36. The third-order valence-electron chi connectivity index (χ3n) is 3.15. The molecule has 1 aromatic rings. The molecule has 23 heavy (non-hydrogen) atoms. The molecular formula is C15H17NO7. The Kier molecular flexibility index (Phi) is 6.72. The van der Waals surface area contributed by atoms with Crippen molar-refractivity contribution in [1.82, 2.24) is 5.32 Å². The number of hydrogen-bond acceptors (Lipinski definition) is 4. The van der Waals surface area contributed by atoms with Gasteiger partial charge in [-0.15, -0.1) is 0 Å². The van der Waals surface area contributed by atoms with E-state index in [0.717, 1.165) is 0 Å². The number of aliphatic carboxylic acids is 2. The first-order valence-electron chi connectivity index (χ1n) is 6.88. The third-order valence-corrected chi connectivity index (χ3v) is 3.15. The monoisotopic (exact) mass is 323 g/mol.